The number of hydrogen-bond acceptors (Lipinski definition) is 3. The summed E-state index contributed by atoms with van der Waals surface area (Å²) in [7, 11) is 1.52. The second kappa shape index (κ2) is 5.46. The summed E-state index contributed by atoms with van der Waals surface area (Å²) in [6.45, 7) is 0. The Morgan fingerprint density at radius 1 is 1.33 bits per heavy atom. The van der Waals surface area contributed by atoms with Crippen LogP contribution in [-0.4, -0.2) is 17.2 Å². The van der Waals surface area contributed by atoms with Gasteiger partial charge in [-0.05, 0) is 18.2 Å². The smallest absolute Gasteiger partial charge is 0.141 e. The third-order valence-electron chi connectivity index (χ3n) is 2.53. The minimum atomic E-state index is -0.976. The van der Waals surface area contributed by atoms with Crippen molar-refractivity contribution in [3.8, 4) is 5.75 Å². The first kappa shape index (κ1) is 13.0. The largest absolute Gasteiger partial charge is 0.496 e. The van der Waals surface area contributed by atoms with Crippen LogP contribution in [0, 0.1) is 5.82 Å². The van der Waals surface area contributed by atoms with Crippen LogP contribution in [0.5, 0.6) is 5.75 Å². The van der Waals surface area contributed by atoms with Gasteiger partial charge in [-0.25, -0.2) is 4.39 Å². The minimum Gasteiger partial charge on any atom is -0.496 e. The standard InChI is InChI=1S/C13H11BrFNO2/c1-18-12-5-9(14)2-3-11(12)13(17)8-4-10(15)7-16-6-8/h2-7,13,17H,1H3. The van der Waals surface area contributed by atoms with Crippen molar-refractivity contribution in [1.29, 1.82) is 0 Å². The zero-order valence-electron chi connectivity index (χ0n) is 9.60. The topological polar surface area (TPSA) is 42.4 Å². The van der Waals surface area contributed by atoms with Gasteiger partial charge in [-0.1, -0.05) is 22.0 Å². The van der Waals surface area contributed by atoms with E-state index < -0.39 is 11.9 Å². The summed E-state index contributed by atoms with van der Waals surface area (Å²) in [5, 5.41) is 10.2. The number of methoxy groups -OCH3 is 1. The molecule has 0 radical (unpaired) electrons. The Morgan fingerprint density at radius 2 is 2.11 bits per heavy atom. The molecule has 0 aliphatic carbocycles. The SMILES string of the molecule is COc1cc(Br)ccc1C(O)c1cncc(F)c1. The van der Waals surface area contributed by atoms with E-state index in [1.165, 1.54) is 19.4 Å². The highest BCUT2D eigenvalue weighted by atomic mass is 79.9. The Kier molecular flexibility index (Phi) is 3.93. The van der Waals surface area contributed by atoms with Crippen molar-refractivity contribution in [1.82, 2.24) is 4.98 Å². The molecular formula is C13H11BrFNO2. The van der Waals surface area contributed by atoms with Gasteiger partial charge in [-0.15, -0.1) is 0 Å². The van der Waals surface area contributed by atoms with Crippen LogP contribution in [0.2, 0.25) is 0 Å². The first-order chi connectivity index (χ1) is 8.61. The van der Waals surface area contributed by atoms with Crippen LogP contribution in [0.1, 0.15) is 17.2 Å². The van der Waals surface area contributed by atoms with Gasteiger partial charge in [0.2, 0.25) is 0 Å². The van der Waals surface area contributed by atoms with Crippen LogP contribution in [0.25, 0.3) is 0 Å². The minimum absolute atomic E-state index is 0.385. The molecule has 1 N–H and O–H groups in total. The second-order valence-corrected chi connectivity index (χ2v) is 4.64. The van der Waals surface area contributed by atoms with Gasteiger partial charge in [-0.2, -0.15) is 0 Å². The molecule has 5 heteroatoms. The molecule has 2 aromatic rings. The van der Waals surface area contributed by atoms with E-state index in [4.69, 9.17) is 4.74 Å². The molecular weight excluding hydrogens is 301 g/mol. The number of benzene rings is 1. The Labute approximate surface area is 112 Å². The molecule has 1 unspecified atom stereocenters. The zero-order chi connectivity index (χ0) is 13.1. The Balaban J connectivity index is 2.42. The molecule has 18 heavy (non-hydrogen) atoms. The number of hydrogen-bond donors (Lipinski definition) is 1. The lowest BCUT2D eigenvalue weighted by molar-refractivity contribution is 0.213. The van der Waals surface area contributed by atoms with Crippen LogP contribution in [0.4, 0.5) is 4.39 Å². The number of aliphatic hydroxyl groups is 1. The van der Waals surface area contributed by atoms with Gasteiger partial charge in [0.15, 0.2) is 0 Å². The van der Waals surface area contributed by atoms with E-state index in [0.29, 0.717) is 16.9 Å². The first-order valence-corrected chi connectivity index (χ1v) is 6.03. The third kappa shape index (κ3) is 2.68. The highest BCUT2D eigenvalue weighted by Crippen LogP contribution is 2.32. The average Bonchev–Trinajstić information content (AvgIpc) is 2.37. The molecule has 3 nitrogen and oxygen atoms in total. The molecule has 0 saturated carbocycles. The molecule has 0 amide bonds. The van der Waals surface area contributed by atoms with Crippen molar-refractivity contribution in [2.75, 3.05) is 7.11 Å². The van der Waals surface area contributed by atoms with Crippen molar-refractivity contribution in [2.45, 2.75) is 6.10 Å². The Bertz CT molecular complexity index is 562. The fraction of sp³-hybridized carbons (Fsp3) is 0.154. The van der Waals surface area contributed by atoms with Crippen molar-refractivity contribution in [3.63, 3.8) is 0 Å². The van der Waals surface area contributed by atoms with Gasteiger partial charge in [-0.3, -0.25) is 4.98 Å². The highest BCUT2D eigenvalue weighted by Gasteiger charge is 2.16. The number of nitrogens with zero attached hydrogens (tertiary/aromatic N) is 1. The summed E-state index contributed by atoms with van der Waals surface area (Å²) in [6, 6.07) is 6.50. The molecule has 0 spiro atoms. The summed E-state index contributed by atoms with van der Waals surface area (Å²) >= 11 is 3.32. The van der Waals surface area contributed by atoms with Gasteiger partial charge in [0.25, 0.3) is 0 Å². The van der Waals surface area contributed by atoms with Gasteiger partial charge < -0.3 is 9.84 Å². The van der Waals surface area contributed by atoms with Crippen molar-refractivity contribution < 1.29 is 14.2 Å². The van der Waals surface area contributed by atoms with Gasteiger partial charge >= 0.3 is 0 Å². The number of rotatable bonds is 3. The van der Waals surface area contributed by atoms with Crippen molar-refractivity contribution in [3.05, 3.63) is 58.1 Å². The number of aromatic nitrogens is 1. The van der Waals surface area contributed by atoms with Crippen LogP contribution in [0.15, 0.2) is 41.1 Å². The van der Waals surface area contributed by atoms with Gasteiger partial charge in [0, 0.05) is 21.8 Å². The van der Waals surface area contributed by atoms with E-state index in [1.54, 1.807) is 18.2 Å². The molecule has 1 aromatic carbocycles. The molecule has 1 aromatic heterocycles. The van der Waals surface area contributed by atoms with E-state index in [9.17, 15) is 9.50 Å². The number of pyridine rings is 1. The molecule has 0 bridgehead atoms. The molecule has 2 rings (SSSR count). The highest BCUT2D eigenvalue weighted by molar-refractivity contribution is 9.10. The van der Waals surface area contributed by atoms with Crippen molar-refractivity contribution in [2.24, 2.45) is 0 Å². The van der Waals surface area contributed by atoms with Crippen LogP contribution >= 0.6 is 15.9 Å². The van der Waals surface area contributed by atoms with Gasteiger partial charge in [0.1, 0.15) is 17.7 Å². The lowest BCUT2D eigenvalue weighted by Crippen LogP contribution is -2.03. The van der Waals surface area contributed by atoms with E-state index in [0.717, 1.165) is 10.7 Å². The lowest BCUT2D eigenvalue weighted by Gasteiger charge is -2.15. The molecule has 0 fully saturated rings. The predicted octanol–water partition coefficient (Wildman–Crippen LogP) is 3.07. The first-order valence-electron chi connectivity index (χ1n) is 5.24. The maximum absolute atomic E-state index is 13.1. The molecule has 0 saturated heterocycles. The van der Waals surface area contributed by atoms with Crippen LogP contribution in [-0.2, 0) is 0 Å². The third-order valence-corrected chi connectivity index (χ3v) is 3.03. The van der Waals surface area contributed by atoms with E-state index >= 15 is 0 Å². The fourth-order valence-corrected chi connectivity index (χ4v) is 2.01. The summed E-state index contributed by atoms with van der Waals surface area (Å²) in [4.78, 5) is 3.72. The molecule has 1 heterocycles. The summed E-state index contributed by atoms with van der Waals surface area (Å²) in [6.07, 6.45) is 1.54. The van der Waals surface area contributed by atoms with Crippen LogP contribution < -0.4 is 4.74 Å². The maximum Gasteiger partial charge on any atom is 0.141 e. The Hall–Kier alpha value is -1.46. The second-order valence-electron chi connectivity index (χ2n) is 3.73. The maximum atomic E-state index is 13.1. The van der Waals surface area contributed by atoms with Crippen LogP contribution in [0.3, 0.4) is 0 Å². The molecule has 94 valence electrons. The number of aliphatic hydroxyl groups excluding tert-OH is 1. The normalized spacial score (nSPS) is 12.2. The molecule has 0 aliphatic heterocycles. The zero-order valence-corrected chi connectivity index (χ0v) is 11.2. The summed E-state index contributed by atoms with van der Waals surface area (Å²) in [5.41, 5.74) is 0.948. The number of halogens is 2. The Morgan fingerprint density at radius 3 is 2.78 bits per heavy atom. The number of ether oxygens (including phenoxy) is 1. The van der Waals surface area contributed by atoms with E-state index in [2.05, 4.69) is 20.9 Å². The summed E-state index contributed by atoms with van der Waals surface area (Å²) in [5.74, 6) is 0.0452. The van der Waals surface area contributed by atoms with E-state index in [-0.39, 0.29) is 0 Å². The quantitative estimate of drug-likeness (QED) is 0.947. The summed E-state index contributed by atoms with van der Waals surface area (Å²) < 4.78 is 19.1. The van der Waals surface area contributed by atoms with Crippen molar-refractivity contribution >= 4 is 15.9 Å². The van der Waals surface area contributed by atoms with E-state index in [1.807, 2.05) is 0 Å². The fourth-order valence-electron chi connectivity index (χ4n) is 1.67. The lowest BCUT2D eigenvalue weighted by atomic mass is 10.0. The average molecular weight is 312 g/mol. The monoisotopic (exact) mass is 311 g/mol. The predicted molar refractivity (Wildman–Crippen MR) is 69.0 cm³/mol. The molecule has 1 atom stereocenters. The van der Waals surface area contributed by atoms with Gasteiger partial charge in [0.05, 0.1) is 13.3 Å². The molecule has 0 aliphatic rings.